The Labute approximate surface area is 163 Å². The van der Waals surface area contributed by atoms with E-state index in [0.717, 1.165) is 44.9 Å². The number of nitrogens with two attached hydrogens (primary N) is 1. The smallest absolute Gasteiger partial charge is 0.115 e. The summed E-state index contributed by atoms with van der Waals surface area (Å²) in [6, 6.07) is 7.81. The summed E-state index contributed by atoms with van der Waals surface area (Å²) in [6.07, 6.45) is 7.51. The number of hydrogen-bond donors (Lipinski definition) is 3. The summed E-state index contributed by atoms with van der Waals surface area (Å²) < 4.78 is 6.78. The average molecular weight is 374 g/mol. The molecular weight excluding hydrogens is 338 g/mol. The van der Waals surface area contributed by atoms with Crippen molar-refractivity contribution < 1.29 is 14.9 Å². The molecule has 2 saturated carbocycles. The first-order chi connectivity index (χ1) is 12.8. The number of fused-ring (bicyclic) bond motifs is 3. The van der Waals surface area contributed by atoms with Gasteiger partial charge in [-0.05, 0) is 94.2 Å². The molecule has 2 saturated heterocycles. The van der Waals surface area contributed by atoms with Crippen LogP contribution >= 0.6 is 0 Å². The van der Waals surface area contributed by atoms with Gasteiger partial charge in [0.25, 0.3) is 0 Å². The Bertz CT molecular complexity index is 658. The summed E-state index contributed by atoms with van der Waals surface area (Å²) in [5.74, 6) is 2.14. The van der Waals surface area contributed by atoms with Gasteiger partial charge in [-0.25, -0.2) is 0 Å². The maximum Gasteiger partial charge on any atom is 0.115 e. The standard InChI is InChI=1S/C23H35NO3/c1-22(2)20-7-8-23(27-22,13-21(20)24)18-11-16(10-17(12-18)14-25)9-15-3-5-19(26)6-4-15/h3-6,16-18,20-21,25-26H,7-14,24H2,1-2H3/t16-,17+,18+,20+,21+,23+/m1/s1. The van der Waals surface area contributed by atoms with Crippen LogP contribution in [-0.4, -0.2) is 34.1 Å². The average Bonchev–Trinajstić information content (AvgIpc) is 2.62. The second-order valence-corrected chi connectivity index (χ2v) is 9.97. The normalized spacial score (nSPS) is 40.8. The van der Waals surface area contributed by atoms with Crippen LogP contribution in [-0.2, 0) is 11.2 Å². The molecule has 0 aromatic heterocycles. The molecule has 2 bridgehead atoms. The van der Waals surface area contributed by atoms with Gasteiger partial charge in [-0.15, -0.1) is 0 Å². The van der Waals surface area contributed by atoms with Crippen molar-refractivity contribution >= 4 is 0 Å². The van der Waals surface area contributed by atoms with E-state index < -0.39 is 0 Å². The van der Waals surface area contributed by atoms with E-state index in [0.29, 0.717) is 29.4 Å². The highest BCUT2D eigenvalue weighted by atomic mass is 16.5. The van der Waals surface area contributed by atoms with Gasteiger partial charge < -0.3 is 20.7 Å². The van der Waals surface area contributed by atoms with E-state index in [1.165, 1.54) is 5.56 Å². The Hall–Kier alpha value is -1.10. The van der Waals surface area contributed by atoms with E-state index in [-0.39, 0.29) is 23.9 Å². The minimum atomic E-state index is -0.144. The predicted molar refractivity (Wildman–Crippen MR) is 106 cm³/mol. The van der Waals surface area contributed by atoms with Crippen molar-refractivity contribution in [1.82, 2.24) is 0 Å². The summed E-state index contributed by atoms with van der Waals surface area (Å²) >= 11 is 0. The van der Waals surface area contributed by atoms with E-state index in [4.69, 9.17) is 10.5 Å². The SMILES string of the molecule is CC1(C)O[C@@]2([C@H]3C[C@H](Cc4ccc(O)cc4)C[C@H](CO)C3)CC[C@H]1[C@@H](N)C2. The van der Waals surface area contributed by atoms with E-state index in [1.807, 2.05) is 12.1 Å². The number of phenolic OH excluding ortho intramolecular Hbond substituents is 1. The summed E-state index contributed by atoms with van der Waals surface area (Å²) in [7, 11) is 0. The number of rotatable bonds is 4. The summed E-state index contributed by atoms with van der Waals surface area (Å²) in [4.78, 5) is 0. The van der Waals surface area contributed by atoms with Gasteiger partial charge in [-0.1, -0.05) is 12.1 Å². The van der Waals surface area contributed by atoms with Crippen LogP contribution in [0.5, 0.6) is 5.75 Å². The van der Waals surface area contributed by atoms with Gasteiger partial charge in [-0.3, -0.25) is 0 Å². The summed E-state index contributed by atoms with van der Waals surface area (Å²) in [6.45, 7) is 4.69. The van der Waals surface area contributed by atoms with Gasteiger partial charge >= 0.3 is 0 Å². The van der Waals surface area contributed by atoms with Crippen molar-refractivity contribution in [1.29, 1.82) is 0 Å². The van der Waals surface area contributed by atoms with Crippen molar-refractivity contribution in [2.24, 2.45) is 29.4 Å². The molecule has 4 heteroatoms. The molecule has 27 heavy (non-hydrogen) atoms. The van der Waals surface area contributed by atoms with Gasteiger partial charge in [0.05, 0.1) is 11.2 Å². The minimum Gasteiger partial charge on any atom is -0.508 e. The zero-order valence-corrected chi connectivity index (χ0v) is 16.7. The fourth-order valence-electron chi connectivity index (χ4n) is 6.54. The summed E-state index contributed by atoms with van der Waals surface area (Å²) in [5, 5.41) is 19.5. The topological polar surface area (TPSA) is 75.7 Å². The van der Waals surface area contributed by atoms with Crippen LogP contribution in [0.3, 0.4) is 0 Å². The fourth-order valence-corrected chi connectivity index (χ4v) is 6.54. The first kappa shape index (κ1) is 19.2. The maximum atomic E-state index is 9.95. The van der Waals surface area contributed by atoms with Crippen LogP contribution < -0.4 is 5.73 Å². The van der Waals surface area contributed by atoms with Crippen molar-refractivity contribution in [3.05, 3.63) is 29.8 Å². The molecule has 1 aromatic rings. The van der Waals surface area contributed by atoms with Gasteiger partial charge in [0.2, 0.25) is 0 Å². The molecule has 4 aliphatic rings. The van der Waals surface area contributed by atoms with Crippen LogP contribution in [0, 0.1) is 23.7 Å². The summed E-state index contributed by atoms with van der Waals surface area (Å²) in [5.41, 5.74) is 7.58. The van der Waals surface area contributed by atoms with E-state index >= 15 is 0 Å². The Morgan fingerprint density at radius 1 is 1.11 bits per heavy atom. The number of aliphatic hydroxyl groups is 1. The Balaban J connectivity index is 1.54. The third-order valence-corrected chi connectivity index (χ3v) is 7.70. The van der Waals surface area contributed by atoms with Gasteiger partial charge in [0.15, 0.2) is 0 Å². The number of ether oxygens (including phenoxy) is 1. The number of aliphatic hydroxyl groups excluding tert-OH is 1. The second kappa shape index (κ2) is 7.06. The minimum absolute atomic E-state index is 0.112. The molecule has 0 radical (unpaired) electrons. The molecule has 0 unspecified atom stereocenters. The van der Waals surface area contributed by atoms with Gasteiger partial charge in [0, 0.05) is 18.6 Å². The third kappa shape index (κ3) is 3.64. The first-order valence-corrected chi connectivity index (χ1v) is 10.7. The van der Waals surface area contributed by atoms with Crippen molar-refractivity contribution in [3.63, 3.8) is 0 Å². The molecule has 4 fully saturated rings. The number of phenols is 1. The molecule has 5 rings (SSSR count). The van der Waals surface area contributed by atoms with Gasteiger partial charge in [0.1, 0.15) is 5.75 Å². The molecular formula is C23H35NO3. The monoisotopic (exact) mass is 373 g/mol. The van der Waals surface area contributed by atoms with Crippen LogP contribution in [0.4, 0.5) is 0 Å². The van der Waals surface area contributed by atoms with E-state index in [9.17, 15) is 10.2 Å². The molecule has 1 aromatic carbocycles. The number of hydrogen-bond acceptors (Lipinski definition) is 4. The lowest BCUT2D eigenvalue weighted by Gasteiger charge is -2.61. The Kier molecular flexibility index (Phi) is 5.02. The lowest BCUT2D eigenvalue weighted by molar-refractivity contribution is -0.270. The molecule has 4 N–H and O–H groups in total. The number of benzene rings is 1. The van der Waals surface area contributed by atoms with E-state index in [2.05, 4.69) is 13.8 Å². The second-order valence-electron chi connectivity index (χ2n) is 9.97. The van der Waals surface area contributed by atoms with Crippen molar-refractivity contribution in [3.8, 4) is 5.75 Å². The first-order valence-electron chi connectivity index (χ1n) is 10.7. The highest BCUT2D eigenvalue weighted by Gasteiger charge is 2.58. The molecule has 150 valence electrons. The van der Waals surface area contributed by atoms with Crippen LogP contribution in [0.15, 0.2) is 24.3 Å². The maximum absolute atomic E-state index is 9.95. The molecule has 0 spiro atoms. The zero-order chi connectivity index (χ0) is 19.2. The largest absolute Gasteiger partial charge is 0.508 e. The van der Waals surface area contributed by atoms with Crippen LogP contribution in [0.25, 0.3) is 0 Å². The fraction of sp³-hybridized carbons (Fsp3) is 0.739. The molecule has 2 heterocycles. The van der Waals surface area contributed by atoms with Crippen molar-refractivity contribution in [2.75, 3.05) is 6.61 Å². The highest BCUT2D eigenvalue weighted by Crippen LogP contribution is 2.56. The Morgan fingerprint density at radius 3 is 2.44 bits per heavy atom. The molecule has 6 atom stereocenters. The van der Waals surface area contributed by atoms with Crippen LogP contribution in [0.2, 0.25) is 0 Å². The molecule has 4 nitrogen and oxygen atoms in total. The van der Waals surface area contributed by atoms with Crippen molar-refractivity contribution in [2.45, 2.75) is 76.0 Å². The van der Waals surface area contributed by atoms with Crippen LogP contribution in [0.1, 0.15) is 57.9 Å². The molecule has 2 aliphatic carbocycles. The quantitative estimate of drug-likeness (QED) is 0.753. The lowest BCUT2D eigenvalue weighted by Crippen LogP contribution is -2.66. The van der Waals surface area contributed by atoms with Gasteiger partial charge in [-0.2, -0.15) is 0 Å². The number of aromatic hydroxyl groups is 1. The molecule has 0 amide bonds. The Morgan fingerprint density at radius 2 is 1.81 bits per heavy atom. The van der Waals surface area contributed by atoms with E-state index in [1.54, 1.807) is 12.1 Å². The zero-order valence-electron chi connectivity index (χ0n) is 16.7. The molecule has 2 aliphatic heterocycles. The third-order valence-electron chi connectivity index (χ3n) is 7.70. The lowest BCUT2D eigenvalue weighted by atomic mass is 9.57. The highest BCUT2D eigenvalue weighted by molar-refractivity contribution is 5.26. The predicted octanol–water partition coefficient (Wildman–Crippen LogP) is 3.63.